The molecular weight excluding hydrogens is 230 g/mol. The molecule has 0 aromatic heterocycles. The fourth-order valence-electron chi connectivity index (χ4n) is 2.79. The fourth-order valence-corrected chi connectivity index (χ4v) is 2.79. The van der Waals surface area contributed by atoms with Crippen molar-refractivity contribution in [1.82, 2.24) is 15.1 Å². The minimum atomic E-state index is -0.281. The van der Waals surface area contributed by atoms with Crippen molar-refractivity contribution in [3.05, 3.63) is 0 Å². The lowest BCUT2D eigenvalue weighted by molar-refractivity contribution is -0.147. The quantitative estimate of drug-likeness (QED) is 0.749. The Morgan fingerprint density at radius 3 is 2.94 bits per heavy atom. The number of carbonyl (C=O) groups is 1. The molecule has 5 heteroatoms. The second kappa shape index (κ2) is 6.50. The van der Waals surface area contributed by atoms with Gasteiger partial charge in [0, 0.05) is 32.2 Å². The van der Waals surface area contributed by atoms with E-state index in [2.05, 4.69) is 24.2 Å². The van der Waals surface area contributed by atoms with Gasteiger partial charge in [-0.1, -0.05) is 6.92 Å². The molecule has 0 bridgehead atoms. The summed E-state index contributed by atoms with van der Waals surface area (Å²) in [5, 5.41) is 3.23. The van der Waals surface area contributed by atoms with Crippen LogP contribution in [-0.2, 0) is 9.53 Å². The van der Waals surface area contributed by atoms with Crippen LogP contribution in [0.15, 0.2) is 0 Å². The largest absolute Gasteiger partial charge is 0.366 e. The number of hydrogen-bond donors (Lipinski definition) is 1. The van der Waals surface area contributed by atoms with Crippen molar-refractivity contribution in [3.8, 4) is 0 Å². The van der Waals surface area contributed by atoms with Crippen molar-refractivity contribution in [3.63, 3.8) is 0 Å². The van der Waals surface area contributed by atoms with Gasteiger partial charge >= 0.3 is 0 Å². The molecular formula is C13H25N3O2. The first-order valence-electron chi connectivity index (χ1n) is 7.03. The lowest BCUT2D eigenvalue weighted by atomic mass is 10.1. The number of ether oxygens (including phenoxy) is 1. The van der Waals surface area contributed by atoms with Gasteiger partial charge in [0.1, 0.15) is 6.10 Å². The Morgan fingerprint density at radius 1 is 1.44 bits per heavy atom. The number of hydrogen-bond acceptors (Lipinski definition) is 4. The molecule has 104 valence electrons. The molecule has 2 saturated heterocycles. The van der Waals surface area contributed by atoms with Crippen molar-refractivity contribution >= 4 is 5.91 Å². The lowest BCUT2D eigenvalue weighted by Crippen LogP contribution is -2.53. The van der Waals surface area contributed by atoms with Gasteiger partial charge < -0.3 is 19.9 Å². The highest BCUT2D eigenvalue weighted by Crippen LogP contribution is 2.15. The molecule has 0 radical (unpaired) electrons. The molecule has 0 saturated carbocycles. The molecule has 2 aliphatic heterocycles. The molecule has 18 heavy (non-hydrogen) atoms. The van der Waals surface area contributed by atoms with Gasteiger partial charge in [-0.2, -0.15) is 0 Å². The van der Waals surface area contributed by atoms with E-state index in [9.17, 15) is 4.79 Å². The molecule has 0 aromatic carbocycles. The van der Waals surface area contributed by atoms with Gasteiger partial charge in [0.05, 0.1) is 6.61 Å². The molecule has 0 aromatic rings. The highest BCUT2D eigenvalue weighted by molar-refractivity contribution is 5.81. The molecule has 2 atom stereocenters. The number of nitrogens with zero attached hydrogens (tertiary/aromatic N) is 2. The van der Waals surface area contributed by atoms with E-state index >= 15 is 0 Å². The van der Waals surface area contributed by atoms with Crippen molar-refractivity contribution in [2.75, 3.05) is 46.4 Å². The van der Waals surface area contributed by atoms with Crippen LogP contribution in [0.25, 0.3) is 0 Å². The predicted octanol–water partition coefficient (Wildman–Crippen LogP) is -0.0825. The van der Waals surface area contributed by atoms with Gasteiger partial charge in [0.2, 0.25) is 0 Å². The third-order valence-electron chi connectivity index (χ3n) is 3.86. The highest BCUT2D eigenvalue weighted by Gasteiger charge is 2.32. The molecule has 2 fully saturated rings. The highest BCUT2D eigenvalue weighted by atomic mass is 16.5. The van der Waals surface area contributed by atoms with E-state index < -0.39 is 0 Å². The van der Waals surface area contributed by atoms with Gasteiger partial charge in [-0.25, -0.2) is 0 Å². The van der Waals surface area contributed by atoms with Gasteiger partial charge in [0.15, 0.2) is 0 Å². The van der Waals surface area contributed by atoms with Gasteiger partial charge in [-0.3, -0.25) is 4.79 Å². The predicted molar refractivity (Wildman–Crippen MR) is 70.5 cm³/mol. The average molecular weight is 255 g/mol. The number of nitrogens with one attached hydrogen (secondary N) is 1. The van der Waals surface area contributed by atoms with E-state index in [1.807, 2.05) is 4.90 Å². The maximum atomic E-state index is 12.5. The van der Waals surface area contributed by atoms with Crippen LogP contribution >= 0.6 is 0 Å². The van der Waals surface area contributed by atoms with Crippen molar-refractivity contribution in [2.24, 2.45) is 0 Å². The molecule has 2 heterocycles. The summed E-state index contributed by atoms with van der Waals surface area (Å²) in [5.41, 5.74) is 0. The molecule has 1 N–H and O–H groups in total. The van der Waals surface area contributed by atoms with Crippen LogP contribution in [0.2, 0.25) is 0 Å². The van der Waals surface area contributed by atoms with Gasteiger partial charge in [0.25, 0.3) is 5.91 Å². The lowest BCUT2D eigenvalue weighted by Gasteiger charge is -2.34. The Labute approximate surface area is 109 Å². The Balaban J connectivity index is 2.01. The van der Waals surface area contributed by atoms with Crippen molar-refractivity contribution in [1.29, 1.82) is 0 Å². The SMILES string of the molecule is CCC1CN(C)CCCN1C(=O)C1CNCCO1. The summed E-state index contributed by atoms with van der Waals surface area (Å²) >= 11 is 0. The fraction of sp³-hybridized carbons (Fsp3) is 0.923. The monoisotopic (exact) mass is 255 g/mol. The van der Waals surface area contributed by atoms with Crippen molar-refractivity contribution < 1.29 is 9.53 Å². The second-order valence-electron chi connectivity index (χ2n) is 5.27. The molecule has 0 spiro atoms. The minimum absolute atomic E-state index is 0.171. The molecule has 0 aliphatic carbocycles. The standard InChI is InChI=1S/C13H25N3O2/c1-3-11-10-15(2)6-4-7-16(11)13(17)12-9-14-5-8-18-12/h11-12,14H,3-10H2,1-2H3. The van der Waals surface area contributed by atoms with E-state index in [-0.39, 0.29) is 12.0 Å². The summed E-state index contributed by atoms with van der Waals surface area (Å²) in [6.07, 6.45) is 1.78. The van der Waals surface area contributed by atoms with Gasteiger partial charge in [-0.05, 0) is 26.4 Å². The third kappa shape index (κ3) is 3.22. The summed E-state index contributed by atoms with van der Waals surface area (Å²) < 4.78 is 5.59. The zero-order chi connectivity index (χ0) is 13.0. The first kappa shape index (κ1) is 13.8. The van der Waals surface area contributed by atoms with Crippen LogP contribution < -0.4 is 5.32 Å². The van der Waals surface area contributed by atoms with E-state index in [0.29, 0.717) is 19.2 Å². The molecule has 2 unspecified atom stereocenters. The number of amides is 1. The van der Waals surface area contributed by atoms with Crippen LogP contribution in [0.3, 0.4) is 0 Å². The van der Waals surface area contributed by atoms with E-state index in [0.717, 1.165) is 39.0 Å². The normalized spacial score (nSPS) is 31.1. The smallest absolute Gasteiger partial charge is 0.253 e. The number of carbonyl (C=O) groups excluding carboxylic acids is 1. The maximum absolute atomic E-state index is 12.5. The van der Waals surface area contributed by atoms with E-state index in [1.165, 1.54) is 0 Å². The Hall–Kier alpha value is -0.650. The third-order valence-corrected chi connectivity index (χ3v) is 3.86. The van der Waals surface area contributed by atoms with Crippen LogP contribution in [0.1, 0.15) is 19.8 Å². The topological polar surface area (TPSA) is 44.8 Å². The molecule has 2 aliphatic rings. The summed E-state index contributed by atoms with van der Waals surface area (Å²) in [4.78, 5) is 16.9. The second-order valence-corrected chi connectivity index (χ2v) is 5.27. The summed E-state index contributed by atoms with van der Waals surface area (Å²) in [6.45, 7) is 7.21. The zero-order valence-electron chi connectivity index (χ0n) is 11.5. The molecule has 2 rings (SSSR count). The van der Waals surface area contributed by atoms with Crippen LogP contribution in [-0.4, -0.2) is 74.2 Å². The molecule has 5 nitrogen and oxygen atoms in total. The summed E-state index contributed by atoms with van der Waals surface area (Å²) in [5.74, 6) is 0.171. The average Bonchev–Trinajstić information content (AvgIpc) is 2.60. The molecule has 1 amide bonds. The van der Waals surface area contributed by atoms with Crippen LogP contribution in [0, 0.1) is 0 Å². The number of morpholine rings is 1. The maximum Gasteiger partial charge on any atom is 0.253 e. The zero-order valence-corrected chi connectivity index (χ0v) is 11.5. The van der Waals surface area contributed by atoms with Crippen LogP contribution in [0.4, 0.5) is 0 Å². The minimum Gasteiger partial charge on any atom is -0.366 e. The first-order chi connectivity index (χ1) is 8.72. The van der Waals surface area contributed by atoms with E-state index in [1.54, 1.807) is 0 Å². The van der Waals surface area contributed by atoms with Crippen LogP contribution in [0.5, 0.6) is 0 Å². The number of rotatable bonds is 2. The van der Waals surface area contributed by atoms with E-state index in [4.69, 9.17) is 4.74 Å². The Kier molecular flexibility index (Phi) is 4.97. The van der Waals surface area contributed by atoms with Crippen molar-refractivity contribution in [2.45, 2.75) is 31.9 Å². The van der Waals surface area contributed by atoms with Gasteiger partial charge in [-0.15, -0.1) is 0 Å². The number of likely N-dealkylation sites (N-methyl/N-ethyl adjacent to an activating group) is 1. The summed E-state index contributed by atoms with van der Waals surface area (Å²) in [6, 6.07) is 0.329. The Morgan fingerprint density at radius 2 is 2.28 bits per heavy atom. The first-order valence-corrected chi connectivity index (χ1v) is 7.03. The Bertz CT molecular complexity index is 279. The summed E-state index contributed by atoms with van der Waals surface area (Å²) in [7, 11) is 2.13.